The van der Waals surface area contributed by atoms with Crippen LogP contribution in [0.4, 0.5) is 0 Å². The van der Waals surface area contributed by atoms with Gasteiger partial charge in [0.05, 0.1) is 6.54 Å². The minimum atomic E-state index is -0.248. The number of nitrogens with zero attached hydrogens (tertiary/aromatic N) is 1. The predicted octanol–water partition coefficient (Wildman–Crippen LogP) is 2.10. The van der Waals surface area contributed by atoms with Gasteiger partial charge in [0.1, 0.15) is 12.4 Å². The van der Waals surface area contributed by atoms with Crippen LogP contribution >= 0.6 is 0 Å². The van der Waals surface area contributed by atoms with Crippen molar-refractivity contribution in [2.75, 3.05) is 20.2 Å². The highest BCUT2D eigenvalue weighted by Crippen LogP contribution is 2.32. The number of hydrogen-bond acceptors (Lipinski definition) is 3. The molecular formula is C16H24N2O2. The number of likely N-dealkylation sites (N-methyl/N-ethyl adjacent to an activating group) is 1. The van der Waals surface area contributed by atoms with Crippen molar-refractivity contribution >= 4 is 5.91 Å². The van der Waals surface area contributed by atoms with E-state index in [1.54, 1.807) is 4.90 Å². The number of carbonyl (C=O) groups is 1. The third kappa shape index (κ3) is 3.73. The maximum atomic E-state index is 12.1. The highest BCUT2D eigenvalue weighted by atomic mass is 16.5. The largest absolute Gasteiger partial charge is 0.491 e. The number of nitrogens with two attached hydrogens (primary N) is 1. The second-order valence-corrected chi connectivity index (χ2v) is 5.82. The van der Waals surface area contributed by atoms with Crippen molar-refractivity contribution < 1.29 is 9.53 Å². The Kier molecular flexibility index (Phi) is 4.65. The number of hydrogen-bond donors (Lipinski definition) is 1. The van der Waals surface area contributed by atoms with Gasteiger partial charge in [0.2, 0.25) is 5.91 Å². The number of benzene rings is 1. The summed E-state index contributed by atoms with van der Waals surface area (Å²) in [5, 5.41) is 0. The van der Waals surface area contributed by atoms with Gasteiger partial charge >= 0.3 is 0 Å². The quantitative estimate of drug-likeness (QED) is 0.865. The van der Waals surface area contributed by atoms with Crippen LogP contribution in [-0.4, -0.2) is 36.5 Å². The fraction of sp³-hybridized carbons (Fsp3) is 0.562. The van der Waals surface area contributed by atoms with Gasteiger partial charge in [0.25, 0.3) is 0 Å². The molecule has 4 heteroatoms. The number of carbonyl (C=O) groups excluding carboxylic acids is 1. The standard InChI is InChI=1S/C16H24N2O2/c1-13-6-3-4-7-14(13)20-11-10-18(2)15(19)12-16(17)8-5-9-16/h3-4,6-7H,5,8-12,17H2,1-2H3. The zero-order valence-corrected chi connectivity index (χ0v) is 12.4. The Morgan fingerprint density at radius 2 is 2.10 bits per heavy atom. The molecule has 2 N–H and O–H groups in total. The normalized spacial score (nSPS) is 16.4. The lowest BCUT2D eigenvalue weighted by atomic mass is 9.75. The molecule has 1 fully saturated rings. The summed E-state index contributed by atoms with van der Waals surface area (Å²) in [6.45, 7) is 3.10. The molecule has 1 aromatic rings. The lowest BCUT2D eigenvalue weighted by molar-refractivity contribution is -0.132. The SMILES string of the molecule is Cc1ccccc1OCCN(C)C(=O)CC1(N)CCC1. The van der Waals surface area contributed by atoms with Gasteiger partial charge < -0.3 is 15.4 Å². The van der Waals surface area contributed by atoms with Gasteiger partial charge in [-0.1, -0.05) is 18.2 Å². The van der Waals surface area contributed by atoms with Crippen LogP contribution in [-0.2, 0) is 4.79 Å². The summed E-state index contributed by atoms with van der Waals surface area (Å²) in [4.78, 5) is 13.8. The van der Waals surface area contributed by atoms with Crippen molar-refractivity contribution in [3.05, 3.63) is 29.8 Å². The number of rotatable bonds is 6. The van der Waals surface area contributed by atoms with E-state index >= 15 is 0 Å². The molecule has 1 amide bonds. The summed E-state index contributed by atoms with van der Waals surface area (Å²) >= 11 is 0. The highest BCUT2D eigenvalue weighted by Gasteiger charge is 2.35. The van der Waals surface area contributed by atoms with Crippen molar-refractivity contribution in [2.24, 2.45) is 5.73 Å². The van der Waals surface area contributed by atoms with E-state index < -0.39 is 0 Å². The molecule has 0 heterocycles. The molecule has 0 atom stereocenters. The van der Waals surface area contributed by atoms with Crippen LogP contribution < -0.4 is 10.5 Å². The predicted molar refractivity (Wildman–Crippen MR) is 79.7 cm³/mol. The lowest BCUT2D eigenvalue weighted by Gasteiger charge is -2.38. The van der Waals surface area contributed by atoms with Crippen LogP contribution in [0.5, 0.6) is 5.75 Å². The molecular weight excluding hydrogens is 252 g/mol. The summed E-state index contributed by atoms with van der Waals surface area (Å²) < 4.78 is 5.70. The second kappa shape index (κ2) is 6.27. The summed E-state index contributed by atoms with van der Waals surface area (Å²) in [7, 11) is 1.81. The molecule has 110 valence electrons. The summed E-state index contributed by atoms with van der Waals surface area (Å²) in [5.41, 5.74) is 6.96. The maximum absolute atomic E-state index is 12.1. The molecule has 1 aromatic carbocycles. The smallest absolute Gasteiger partial charge is 0.224 e. The van der Waals surface area contributed by atoms with E-state index in [-0.39, 0.29) is 11.4 Å². The molecule has 0 saturated heterocycles. The third-order valence-corrected chi connectivity index (χ3v) is 4.06. The van der Waals surface area contributed by atoms with Gasteiger partial charge in [-0.15, -0.1) is 0 Å². The minimum Gasteiger partial charge on any atom is -0.491 e. The number of ether oxygens (including phenoxy) is 1. The lowest BCUT2D eigenvalue weighted by Crippen LogP contribution is -2.50. The zero-order valence-electron chi connectivity index (χ0n) is 12.4. The van der Waals surface area contributed by atoms with Gasteiger partial charge in [-0.25, -0.2) is 0 Å². The molecule has 0 aliphatic heterocycles. The molecule has 4 nitrogen and oxygen atoms in total. The second-order valence-electron chi connectivity index (χ2n) is 5.82. The Labute approximate surface area is 120 Å². The Morgan fingerprint density at radius 1 is 1.40 bits per heavy atom. The van der Waals surface area contributed by atoms with Crippen LogP contribution in [0.2, 0.25) is 0 Å². The number of amides is 1. The van der Waals surface area contributed by atoms with E-state index in [9.17, 15) is 4.79 Å². The van der Waals surface area contributed by atoms with Crippen LogP contribution in [0.1, 0.15) is 31.2 Å². The Morgan fingerprint density at radius 3 is 2.70 bits per heavy atom. The first kappa shape index (κ1) is 14.9. The van der Waals surface area contributed by atoms with Crippen molar-refractivity contribution in [1.82, 2.24) is 4.90 Å². The summed E-state index contributed by atoms with van der Waals surface area (Å²) in [5.74, 6) is 0.989. The third-order valence-electron chi connectivity index (χ3n) is 4.06. The topological polar surface area (TPSA) is 55.6 Å². The van der Waals surface area contributed by atoms with E-state index in [0.29, 0.717) is 19.6 Å². The minimum absolute atomic E-state index is 0.112. The van der Waals surface area contributed by atoms with Crippen molar-refractivity contribution in [1.29, 1.82) is 0 Å². The van der Waals surface area contributed by atoms with Gasteiger partial charge in [-0.05, 0) is 37.8 Å². The zero-order chi connectivity index (χ0) is 14.6. The number of aryl methyl sites for hydroxylation is 1. The van der Waals surface area contributed by atoms with Crippen LogP contribution in [0.3, 0.4) is 0 Å². The highest BCUT2D eigenvalue weighted by molar-refractivity contribution is 5.77. The average molecular weight is 276 g/mol. The first-order chi connectivity index (χ1) is 9.50. The molecule has 0 bridgehead atoms. The monoisotopic (exact) mass is 276 g/mol. The Bertz CT molecular complexity index is 469. The van der Waals surface area contributed by atoms with Crippen LogP contribution in [0, 0.1) is 6.92 Å². The van der Waals surface area contributed by atoms with Crippen LogP contribution in [0.15, 0.2) is 24.3 Å². The van der Waals surface area contributed by atoms with Gasteiger partial charge in [-0.3, -0.25) is 4.79 Å². The molecule has 0 spiro atoms. The van der Waals surface area contributed by atoms with Crippen molar-refractivity contribution in [2.45, 2.75) is 38.1 Å². The van der Waals surface area contributed by atoms with Crippen molar-refractivity contribution in [3.8, 4) is 5.75 Å². The first-order valence-electron chi connectivity index (χ1n) is 7.21. The average Bonchev–Trinajstić information content (AvgIpc) is 2.39. The van der Waals surface area contributed by atoms with E-state index in [2.05, 4.69) is 0 Å². The maximum Gasteiger partial charge on any atom is 0.224 e. The van der Waals surface area contributed by atoms with Crippen LogP contribution in [0.25, 0.3) is 0 Å². The molecule has 1 aliphatic rings. The summed E-state index contributed by atoms with van der Waals surface area (Å²) in [6.07, 6.45) is 3.52. The fourth-order valence-corrected chi connectivity index (χ4v) is 2.38. The Hall–Kier alpha value is -1.55. The number of para-hydroxylation sites is 1. The molecule has 1 aliphatic carbocycles. The summed E-state index contributed by atoms with van der Waals surface area (Å²) in [6, 6.07) is 7.89. The molecule has 0 unspecified atom stereocenters. The van der Waals surface area contributed by atoms with E-state index in [1.807, 2.05) is 38.2 Å². The first-order valence-corrected chi connectivity index (χ1v) is 7.21. The van der Waals surface area contributed by atoms with Crippen molar-refractivity contribution in [3.63, 3.8) is 0 Å². The van der Waals surface area contributed by atoms with Gasteiger partial charge in [0.15, 0.2) is 0 Å². The molecule has 0 radical (unpaired) electrons. The van der Waals surface area contributed by atoms with E-state index in [1.165, 1.54) is 0 Å². The molecule has 1 saturated carbocycles. The molecule has 20 heavy (non-hydrogen) atoms. The van der Waals surface area contributed by atoms with E-state index in [4.69, 9.17) is 10.5 Å². The van der Waals surface area contributed by atoms with E-state index in [0.717, 1.165) is 30.6 Å². The Balaban J connectivity index is 1.73. The van der Waals surface area contributed by atoms with Gasteiger partial charge in [0, 0.05) is 19.0 Å². The molecule has 0 aromatic heterocycles. The molecule has 2 rings (SSSR count). The van der Waals surface area contributed by atoms with Gasteiger partial charge in [-0.2, -0.15) is 0 Å². The fourth-order valence-electron chi connectivity index (χ4n) is 2.38.